The predicted molar refractivity (Wildman–Crippen MR) is 61.6 cm³/mol. The monoisotopic (exact) mass is 279 g/mol. The molecule has 0 spiro atoms. The summed E-state index contributed by atoms with van der Waals surface area (Å²) in [5.74, 6) is -0.598. The molecule has 1 atom stereocenters. The Morgan fingerprint density at radius 1 is 1.41 bits per heavy atom. The van der Waals surface area contributed by atoms with Crippen molar-refractivity contribution in [2.24, 2.45) is 0 Å². The van der Waals surface area contributed by atoms with Crippen molar-refractivity contribution in [3.8, 4) is 5.75 Å². The van der Waals surface area contributed by atoms with Crippen LogP contribution >= 0.6 is 18.2 Å². The van der Waals surface area contributed by atoms with E-state index in [-0.39, 0.29) is 12.3 Å². The quantitative estimate of drug-likeness (QED) is 0.635. The first-order chi connectivity index (χ1) is 8.03. The zero-order valence-electron chi connectivity index (χ0n) is 8.96. The van der Waals surface area contributed by atoms with Crippen LogP contribution in [0.2, 0.25) is 0 Å². The molecule has 94 valence electrons. The summed E-state index contributed by atoms with van der Waals surface area (Å²) in [5, 5.41) is 0. The van der Waals surface area contributed by atoms with Crippen molar-refractivity contribution in [1.82, 2.24) is 5.48 Å². The van der Waals surface area contributed by atoms with Gasteiger partial charge in [0.15, 0.2) is 0 Å². The lowest BCUT2D eigenvalue weighted by Gasteiger charge is -2.12. The van der Waals surface area contributed by atoms with Crippen LogP contribution in [-0.4, -0.2) is 19.6 Å². The van der Waals surface area contributed by atoms with Gasteiger partial charge in [-0.1, -0.05) is 18.2 Å². The molecule has 1 aromatic carbocycles. The van der Waals surface area contributed by atoms with E-state index in [4.69, 9.17) is 15.8 Å². The van der Waals surface area contributed by atoms with Gasteiger partial charge in [-0.25, -0.2) is 4.57 Å². The summed E-state index contributed by atoms with van der Waals surface area (Å²) in [6, 6.07) is 8.16. The highest BCUT2D eigenvalue weighted by molar-refractivity contribution is 7.82. The Bertz CT molecular complexity index is 413. The summed E-state index contributed by atoms with van der Waals surface area (Å²) >= 11 is 5.47. The number of hydroxylamine groups is 1. The average molecular weight is 280 g/mol. The first-order valence-corrected chi connectivity index (χ1v) is 7.01. The van der Waals surface area contributed by atoms with Crippen molar-refractivity contribution in [1.29, 1.82) is 0 Å². The van der Waals surface area contributed by atoms with E-state index in [2.05, 4.69) is 14.8 Å². The Kier molecular flexibility index (Phi) is 5.44. The molecule has 1 rings (SSSR count). The van der Waals surface area contributed by atoms with Crippen molar-refractivity contribution in [3.63, 3.8) is 0 Å². The minimum atomic E-state index is -3.98. The molecule has 0 heterocycles. The zero-order chi connectivity index (χ0) is 12.7. The summed E-state index contributed by atoms with van der Waals surface area (Å²) in [5.41, 5.74) is 2.22. The lowest BCUT2D eigenvalue weighted by molar-refractivity contribution is -0.135. The summed E-state index contributed by atoms with van der Waals surface area (Å²) in [6.45, 7) is -4.27. The Morgan fingerprint density at radius 2 is 2.06 bits per heavy atom. The third-order valence-electron chi connectivity index (χ3n) is 1.53. The first kappa shape index (κ1) is 14.0. The number of rotatable bonds is 6. The minimum absolute atomic E-state index is 0.248. The van der Waals surface area contributed by atoms with Crippen molar-refractivity contribution in [2.75, 3.05) is 13.7 Å². The van der Waals surface area contributed by atoms with Crippen LogP contribution in [0.3, 0.4) is 0 Å². The van der Waals surface area contributed by atoms with Crippen LogP contribution in [0.4, 0.5) is 0 Å². The number of carbonyl (C=O) groups excluding carboxylic acids is 1. The van der Waals surface area contributed by atoms with Crippen molar-refractivity contribution in [2.45, 2.75) is 0 Å². The number of hydrogen-bond acceptors (Lipinski definition) is 6. The van der Waals surface area contributed by atoms with Gasteiger partial charge >= 0.3 is 12.9 Å². The Hall–Kier alpha value is -1.07. The van der Waals surface area contributed by atoms with Gasteiger partial charge in [0.05, 0.1) is 7.11 Å². The highest BCUT2D eigenvalue weighted by Crippen LogP contribution is 2.53. The van der Waals surface area contributed by atoms with Crippen molar-refractivity contribution >= 4 is 24.2 Å². The maximum atomic E-state index is 11.6. The second-order valence-electron chi connectivity index (χ2n) is 2.82. The fourth-order valence-electron chi connectivity index (χ4n) is 0.911. The second-order valence-corrected chi connectivity index (χ2v) is 5.29. The van der Waals surface area contributed by atoms with E-state index < -0.39 is 12.9 Å². The summed E-state index contributed by atoms with van der Waals surface area (Å²) in [4.78, 5) is 15.5. The maximum absolute atomic E-state index is 11.6. The van der Waals surface area contributed by atoms with Gasteiger partial charge in [-0.15, -0.1) is 0 Å². The van der Waals surface area contributed by atoms with Crippen LogP contribution in [0.15, 0.2) is 30.3 Å². The third-order valence-corrected chi connectivity index (χ3v) is 2.79. The highest BCUT2D eigenvalue weighted by atomic mass is 35.7. The van der Waals surface area contributed by atoms with Crippen LogP contribution in [-0.2, 0) is 18.7 Å². The molecule has 0 aliphatic carbocycles. The molecule has 1 unspecified atom stereocenters. The highest BCUT2D eigenvalue weighted by Gasteiger charge is 2.27. The lowest BCUT2D eigenvalue weighted by atomic mass is 10.3. The van der Waals surface area contributed by atoms with E-state index in [0.717, 1.165) is 0 Å². The molecule has 0 aromatic heterocycles. The first-order valence-electron chi connectivity index (χ1n) is 4.56. The van der Waals surface area contributed by atoms with Gasteiger partial charge in [-0.3, -0.25) is 4.79 Å². The average Bonchev–Trinajstić information content (AvgIpc) is 2.26. The number of nitrogens with one attached hydrogen (secondary N) is 1. The minimum Gasteiger partial charge on any atom is -0.405 e. The van der Waals surface area contributed by atoms with Gasteiger partial charge in [-0.2, -0.15) is 5.48 Å². The third kappa shape index (κ3) is 5.70. The maximum Gasteiger partial charge on any atom is 0.532 e. The van der Waals surface area contributed by atoms with Crippen LogP contribution in [0.1, 0.15) is 0 Å². The Labute approximate surface area is 103 Å². The zero-order valence-corrected chi connectivity index (χ0v) is 10.6. The number of para-hydroxylation sites is 1. The second kappa shape index (κ2) is 6.61. The number of hydrogen-bond donors (Lipinski definition) is 1. The van der Waals surface area contributed by atoms with Crippen LogP contribution in [0, 0.1) is 0 Å². The molecule has 0 bridgehead atoms. The van der Waals surface area contributed by atoms with Gasteiger partial charge in [0.2, 0.25) is 0 Å². The Morgan fingerprint density at radius 3 is 2.65 bits per heavy atom. The van der Waals surface area contributed by atoms with Gasteiger partial charge in [0.25, 0.3) is 0 Å². The molecule has 0 saturated carbocycles. The summed E-state index contributed by atoms with van der Waals surface area (Å²) in [6.07, 6.45) is 0. The van der Waals surface area contributed by atoms with Gasteiger partial charge in [-0.05, 0) is 12.1 Å². The smallest absolute Gasteiger partial charge is 0.405 e. The van der Waals surface area contributed by atoms with E-state index in [0.29, 0.717) is 0 Å². The number of benzene rings is 1. The molecule has 0 fully saturated rings. The number of carbonyl (C=O) groups is 1. The molecule has 0 aliphatic rings. The van der Waals surface area contributed by atoms with E-state index in [1.807, 2.05) is 0 Å². The largest absolute Gasteiger partial charge is 0.532 e. The topological polar surface area (TPSA) is 73.9 Å². The van der Waals surface area contributed by atoms with Crippen molar-refractivity contribution < 1.29 is 23.2 Å². The molecule has 0 amide bonds. The summed E-state index contributed by atoms with van der Waals surface area (Å²) < 4.78 is 20.9. The molecule has 17 heavy (non-hydrogen) atoms. The molecule has 0 saturated heterocycles. The molecule has 8 heteroatoms. The predicted octanol–water partition coefficient (Wildman–Crippen LogP) is 2.11. The molecular weight excluding hydrogens is 269 g/mol. The van der Waals surface area contributed by atoms with E-state index in [9.17, 15) is 9.36 Å². The molecule has 1 aromatic rings. The van der Waals surface area contributed by atoms with Crippen molar-refractivity contribution in [3.05, 3.63) is 30.3 Å². The molecule has 6 nitrogen and oxygen atoms in total. The fourth-order valence-corrected chi connectivity index (χ4v) is 2.10. The molecule has 0 aliphatic heterocycles. The Balaban J connectivity index is 2.51. The normalized spacial score (nSPS) is 13.8. The fraction of sp³-hybridized carbons (Fsp3) is 0.222. The summed E-state index contributed by atoms with van der Waals surface area (Å²) in [7, 11) is 1.33. The van der Waals surface area contributed by atoms with Gasteiger partial charge in [0.1, 0.15) is 12.3 Å². The SMILES string of the molecule is CONCC(=O)OP(=O)(Cl)Oc1ccccc1. The standard InChI is InChI=1S/C9H11ClNO5P/c1-14-11-7-9(12)16-17(10,13)15-8-5-3-2-4-6-8/h2-6,11H,7H2,1H3. The van der Waals surface area contributed by atoms with E-state index in [1.165, 1.54) is 19.2 Å². The van der Waals surface area contributed by atoms with Crippen LogP contribution < -0.4 is 10.0 Å². The van der Waals surface area contributed by atoms with E-state index in [1.54, 1.807) is 18.2 Å². The van der Waals surface area contributed by atoms with Crippen LogP contribution in [0.5, 0.6) is 5.75 Å². The van der Waals surface area contributed by atoms with Crippen LogP contribution in [0.25, 0.3) is 0 Å². The molecule has 0 radical (unpaired) electrons. The van der Waals surface area contributed by atoms with Gasteiger partial charge in [0, 0.05) is 11.2 Å². The van der Waals surface area contributed by atoms with E-state index >= 15 is 0 Å². The molecule has 1 N–H and O–H groups in total. The van der Waals surface area contributed by atoms with Gasteiger partial charge < -0.3 is 13.9 Å². The lowest BCUT2D eigenvalue weighted by Crippen LogP contribution is -2.22. The number of halogens is 1. The molecular formula is C9H11ClNO5P.